The molecular formula is C19H29N3O2. The number of carbonyl (C=O) groups excluding carboxylic acids is 1. The van der Waals surface area contributed by atoms with Gasteiger partial charge < -0.3 is 15.0 Å². The Morgan fingerprint density at radius 3 is 2.88 bits per heavy atom. The molecule has 1 aromatic heterocycles. The molecule has 0 unspecified atom stereocenters. The van der Waals surface area contributed by atoms with Gasteiger partial charge in [-0.2, -0.15) is 0 Å². The number of rotatable bonds is 7. The van der Waals surface area contributed by atoms with Gasteiger partial charge in [-0.25, -0.2) is 0 Å². The van der Waals surface area contributed by atoms with E-state index in [-0.39, 0.29) is 18.6 Å². The van der Waals surface area contributed by atoms with E-state index in [1.165, 1.54) is 19.3 Å². The lowest BCUT2D eigenvalue weighted by atomic mass is 9.98. The lowest BCUT2D eigenvalue weighted by Gasteiger charge is -2.27. The molecule has 1 atom stereocenters. The molecule has 0 bridgehead atoms. The second-order valence-corrected chi connectivity index (χ2v) is 7.07. The molecule has 5 heteroatoms. The summed E-state index contributed by atoms with van der Waals surface area (Å²) in [5.74, 6) is 0.650. The molecule has 1 saturated carbocycles. The number of nitrogens with zero attached hydrogens (tertiary/aromatic N) is 2. The Morgan fingerprint density at radius 1 is 1.29 bits per heavy atom. The van der Waals surface area contributed by atoms with Crippen LogP contribution in [0.25, 0.3) is 0 Å². The van der Waals surface area contributed by atoms with E-state index in [0.29, 0.717) is 12.5 Å². The SMILES string of the molecule is O=C(COC1CCCCC1)N(Cc1cccnc1)C[C@H]1CCNC1. The maximum absolute atomic E-state index is 12.7. The number of nitrogens with one attached hydrogen (secondary N) is 1. The van der Waals surface area contributed by atoms with E-state index in [4.69, 9.17) is 4.74 Å². The van der Waals surface area contributed by atoms with Crippen LogP contribution in [-0.2, 0) is 16.1 Å². The minimum Gasteiger partial charge on any atom is -0.368 e. The lowest BCUT2D eigenvalue weighted by molar-refractivity contribution is -0.140. The highest BCUT2D eigenvalue weighted by Gasteiger charge is 2.23. The quantitative estimate of drug-likeness (QED) is 0.833. The molecule has 1 aliphatic carbocycles. The van der Waals surface area contributed by atoms with Gasteiger partial charge in [0, 0.05) is 25.5 Å². The Morgan fingerprint density at radius 2 is 2.17 bits per heavy atom. The van der Waals surface area contributed by atoms with Gasteiger partial charge in [0.1, 0.15) is 6.61 Å². The van der Waals surface area contributed by atoms with Gasteiger partial charge in [0.15, 0.2) is 0 Å². The van der Waals surface area contributed by atoms with Crippen molar-refractivity contribution in [3.63, 3.8) is 0 Å². The number of aromatic nitrogens is 1. The molecule has 2 aliphatic rings. The van der Waals surface area contributed by atoms with Crippen LogP contribution in [0.4, 0.5) is 0 Å². The smallest absolute Gasteiger partial charge is 0.248 e. The van der Waals surface area contributed by atoms with Gasteiger partial charge in [0.2, 0.25) is 5.91 Å². The molecule has 1 saturated heterocycles. The summed E-state index contributed by atoms with van der Waals surface area (Å²) in [4.78, 5) is 18.9. The van der Waals surface area contributed by atoms with Crippen molar-refractivity contribution in [2.75, 3.05) is 26.2 Å². The summed E-state index contributed by atoms with van der Waals surface area (Å²) in [5, 5.41) is 3.38. The van der Waals surface area contributed by atoms with Gasteiger partial charge in [0.05, 0.1) is 6.10 Å². The Kier molecular flexibility index (Phi) is 6.61. The topological polar surface area (TPSA) is 54.5 Å². The minimum absolute atomic E-state index is 0.108. The van der Waals surface area contributed by atoms with Crippen LogP contribution in [0.3, 0.4) is 0 Å². The van der Waals surface area contributed by atoms with Crippen LogP contribution in [0.15, 0.2) is 24.5 Å². The summed E-state index contributed by atoms with van der Waals surface area (Å²) in [5.41, 5.74) is 1.08. The van der Waals surface area contributed by atoms with E-state index in [1.807, 2.05) is 23.2 Å². The molecule has 2 heterocycles. The summed E-state index contributed by atoms with van der Waals surface area (Å²) < 4.78 is 5.91. The van der Waals surface area contributed by atoms with Crippen LogP contribution in [0.1, 0.15) is 44.1 Å². The fourth-order valence-corrected chi connectivity index (χ4v) is 3.66. The normalized spacial score (nSPS) is 21.8. The molecule has 2 fully saturated rings. The van der Waals surface area contributed by atoms with Gasteiger partial charge in [-0.3, -0.25) is 9.78 Å². The second-order valence-electron chi connectivity index (χ2n) is 7.07. The zero-order valence-electron chi connectivity index (χ0n) is 14.5. The van der Waals surface area contributed by atoms with Crippen LogP contribution in [-0.4, -0.2) is 48.1 Å². The number of hydrogen-bond acceptors (Lipinski definition) is 4. The zero-order valence-corrected chi connectivity index (χ0v) is 14.5. The lowest BCUT2D eigenvalue weighted by Crippen LogP contribution is -2.38. The fourth-order valence-electron chi connectivity index (χ4n) is 3.66. The first-order chi connectivity index (χ1) is 11.8. The molecule has 1 aromatic rings. The maximum atomic E-state index is 12.7. The van der Waals surface area contributed by atoms with Crippen molar-refractivity contribution in [3.8, 4) is 0 Å². The highest BCUT2D eigenvalue weighted by Crippen LogP contribution is 2.20. The molecule has 1 amide bonds. The van der Waals surface area contributed by atoms with E-state index in [2.05, 4.69) is 10.3 Å². The van der Waals surface area contributed by atoms with Crippen molar-refractivity contribution in [1.82, 2.24) is 15.2 Å². The highest BCUT2D eigenvalue weighted by molar-refractivity contribution is 5.77. The van der Waals surface area contributed by atoms with Gasteiger partial charge >= 0.3 is 0 Å². The second kappa shape index (κ2) is 9.14. The minimum atomic E-state index is 0.108. The third-order valence-corrected chi connectivity index (χ3v) is 5.08. The van der Waals surface area contributed by atoms with Crippen molar-refractivity contribution < 1.29 is 9.53 Å². The van der Waals surface area contributed by atoms with E-state index >= 15 is 0 Å². The molecular weight excluding hydrogens is 302 g/mol. The molecule has 0 radical (unpaired) electrons. The van der Waals surface area contributed by atoms with Gasteiger partial charge in [-0.15, -0.1) is 0 Å². The maximum Gasteiger partial charge on any atom is 0.248 e. The largest absolute Gasteiger partial charge is 0.368 e. The Labute approximate surface area is 144 Å². The number of pyridine rings is 1. The van der Waals surface area contributed by atoms with E-state index in [9.17, 15) is 4.79 Å². The zero-order chi connectivity index (χ0) is 16.6. The Balaban J connectivity index is 1.55. The summed E-state index contributed by atoms with van der Waals surface area (Å²) in [6.07, 6.45) is 11.0. The van der Waals surface area contributed by atoms with Crippen molar-refractivity contribution in [2.24, 2.45) is 5.92 Å². The molecule has 1 N–H and O–H groups in total. The fraction of sp³-hybridized carbons (Fsp3) is 0.684. The molecule has 3 rings (SSSR count). The van der Waals surface area contributed by atoms with E-state index in [0.717, 1.165) is 44.5 Å². The Hall–Kier alpha value is -1.46. The molecule has 24 heavy (non-hydrogen) atoms. The molecule has 132 valence electrons. The van der Waals surface area contributed by atoms with Crippen LogP contribution in [0.5, 0.6) is 0 Å². The van der Waals surface area contributed by atoms with Crippen LogP contribution >= 0.6 is 0 Å². The molecule has 5 nitrogen and oxygen atoms in total. The number of carbonyl (C=O) groups is 1. The summed E-state index contributed by atoms with van der Waals surface area (Å²) in [7, 11) is 0. The average molecular weight is 331 g/mol. The highest BCUT2D eigenvalue weighted by atomic mass is 16.5. The summed E-state index contributed by atoms with van der Waals surface area (Å²) in [6.45, 7) is 3.69. The third-order valence-electron chi connectivity index (χ3n) is 5.08. The first kappa shape index (κ1) is 17.4. The average Bonchev–Trinajstić information content (AvgIpc) is 3.14. The number of hydrogen-bond donors (Lipinski definition) is 1. The predicted octanol–water partition coefficient (Wildman–Crippen LogP) is 2.37. The number of amides is 1. The predicted molar refractivity (Wildman–Crippen MR) is 93.5 cm³/mol. The van der Waals surface area contributed by atoms with Crippen LogP contribution < -0.4 is 5.32 Å². The standard InChI is InChI=1S/C19H29N3O2/c23-19(15-24-18-6-2-1-3-7-18)22(14-17-8-10-21-12-17)13-16-5-4-9-20-11-16/h4-5,9,11,17-18,21H,1-3,6-8,10,12-15H2/t17-/m0/s1. The van der Waals surface area contributed by atoms with Crippen molar-refractivity contribution in [2.45, 2.75) is 51.2 Å². The monoisotopic (exact) mass is 331 g/mol. The summed E-state index contributed by atoms with van der Waals surface area (Å²) in [6, 6.07) is 3.95. The first-order valence-electron chi connectivity index (χ1n) is 9.30. The van der Waals surface area contributed by atoms with Crippen molar-refractivity contribution in [1.29, 1.82) is 0 Å². The van der Waals surface area contributed by atoms with Crippen LogP contribution in [0, 0.1) is 5.92 Å². The van der Waals surface area contributed by atoms with Crippen molar-refractivity contribution >= 4 is 5.91 Å². The van der Waals surface area contributed by atoms with Gasteiger partial charge in [-0.05, 0) is 49.9 Å². The first-order valence-corrected chi connectivity index (χ1v) is 9.30. The Bertz CT molecular complexity index is 497. The van der Waals surface area contributed by atoms with Crippen molar-refractivity contribution in [3.05, 3.63) is 30.1 Å². The number of ether oxygens (including phenoxy) is 1. The van der Waals surface area contributed by atoms with Gasteiger partial charge in [-0.1, -0.05) is 25.3 Å². The molecule has 1 aliphatic heterocycles. The van der Waals surface area contributed by atoms with E-state index < -0.39 is 0 Å². The molecule has 0 aromatic carbocycles. The van der Waals surface area contributed by atoms with E-state index in [1.54, 1.807) is 6.20 Å². The summed E-state index contributed by atoms with van der Waals surface area (Å²) >= 11 is 0. The van der Waals surface area contributed by atoms with Gasteiger partial charge in [0.25, 0.3) is 0 Å². The van der Waals surface area contributed by atoms with Crippen LogP contribution in [0.2, 0.25) is 0 Å². The third kappa shape index (κ3) is 5.28. The molecule has 0 spiro atoms.